The van der Waals surface area contributed by atoms with Crippen molar-refractivity contribution in [2.45, 2.75) is 39.3 Å². The Hall–Kier alpha value is -2.57. The summed E-state index contributed by atoms with van der Waals surface area (Å²) in [4.78, 5) is 25.0. The van der Waals surface area contributed by atoms with Gasteiger partial charge in [0.05, 0.1) is 6.10 Å². The van der Waals surface area contributed by atoms with E-state index < -0.39 is 5.97 Å². The Bertz CT molecular complexity index is 1070. The minimum Gasteiger partial charge on any atom is -0.451 e. The molecule has 6 nitrogen and oxygen atoms in total. The Morgan fingerprint density at radius 2 is 2.07 bits per heavy atom. The molecule has 1 aliphatic rings. The molecule has 0 saturated carbocycles. The quantitative estimate of drug-likeness (QED) is 0.430. The first-order valence-corrected chi connectivity index (χ1v) is 9.98. The van der Waals surface area contributed by atoms with Crippen molar-refractivity contribution in [3.05, 3.63) is 58.1 Å². The van der Waals surface area contributed by atoms with Gasteiger partial charge < -0.3 is 18.5 Å². The second kappa shape index (κ2) is 8.05. The topological polar surface area (TPSA) is 70.7 Å². The van der Waals surface area contributed by atoms with Crippen LogP contribution in [0.15, 0.2) is 34.7 Å². The van der Waals surface area contributed by atoms with Gasteiger partial charge in [-0.15, -0.1) is 0 Å². The molecule has 0 unspecified atom stereocenters. The number of aryl methyl sites for hydroxylation is 1. The Labute approximate surface area is 173 Å². The lowest BCUT2D eigenvalue weighted by atomic mass is 10.1. The van der Waals surface area contributed by atoms with E-state index in [1.165, 1.54) is 0 Å². The van der Waals surface area contributed by atoms with Crippen LogP contribution < -0.4 is 0 Å². The van der Waals surface area contributed by atoms with Gasteiger partial charge in [0.25, 0.3) is 0 Å². The standard InChI is InChI=1S/C22H22ClNO5/c1-13-8-18(14(2)24(13)11-17-4-3-7-27-17)19(25)12-28-22(26)21-10-15-9-16(23)5-6-20(15)29-21/h5-6,8-10,17H,3-4,7,11-12H2,1-2H3/t17-/m0/s1. The van der Waals surface area contributed by atoms with Crippen molar-refractivity contribution in [2.24, 2.45) is 0 Å². The van der Waals surface area contributed by atoms with Crippen molar-refractivity contribution in [3.8, 4) is 0 Å². The highest BCUT2D eigenvalue weighted by Gasteiger charge is 2.22. The van der Waals surface area contributed by atoms with Crippen molar-refractivity contribution < 1.29 is 23.5 Å². The normalized spacial score (nSPS) is 16.4. The number of carbonyl (C=O) groups is 2. The molecule has 0 N–H and O–H groups in total. The number of Topliss-reactive ketones (excluding diaryl/α,β-unsaturated/α-hetero) is 1. The average Bonchev–Trinajstić information content (AvgIpc) is 3.41. The number of hydrogen-bond donors (Lipinski definition) is 0. The first-order chi connectivity index (χ1) is 13.9. The molecule has 2 aromatic heterocycles. The Morgan fingerprint density at radius 3 is 2.83 bits per heavy atom. The van der Waals surface area contributed by atoms with E-state index in [2.05, 4.69) is 4.57 Å². The number of hydrogen-bond acceptors (Lipinski definition) is 5. The summed E-state index contributed by atoms with van der Waals surface area (Å²) in [6.07, 6.45) is 2.28. The molecule has 3 heterocycles. The molecule has 0 radical (unpaired) electrons. The maximum atomic E-state index is 12.7. The summed E-state index contributed by atoms with van der Waals surface area (Å²) in [5.41, 5.74) is 2.94. The molecule has 0 aliphatic carbocycles. The highest BCUT2D eigenvalue weighted by atomic mass is 35.5. The minimum absolute atomic E-state index is 0.0407. The molecule has 0 amide bonds. The third-order valence-corrected chi connectivity index (χ3v) is 5.53. The van der Waals surface area contributed by atoms with Crippen molar-refractivity contribution in [1.82, 2.24) is 4.57 Å². The number of fused-ring (bicyclic) bond motifs is 1. The minimum atomic E-state index is -0.682. The van der Waals surface area contributed by atoms with Crippen LogP contribution in [0.25, 0.3) is 11.0 Å². The molecule has 1 fully saturated rings. The van der Waals surface area contributed by atoms with E-state index in [0.717, 1.165) is 37.4 Å². The number of aromatic nitrogens is 1. The highest BCUT2D eigenvalue weighted by molar-refractivity contribution is 6.31. The molecule has 3 aromatic rings. The maximum absolute atomic E-state index is 12.7. The van der Waals surface area contributed by atoms with Gasteiger partial charge in [-0.05, 0) is 57.0 Å². The van der Waals surface area contributed by atoms with E-state index in [0.29, 0.717) is 21.6 Å². The lowest BCUT2D eigenvalue weighted by Crippen LogP contribution is -2.18. The molecule has 29 heavy (non-hydrogen) atoms. The predicted molar refractivity (Wildman–Crippen MR) is 109 cm³/mol. The van der Waals surface area contributed by atoms with E-state index >= 15 is 0 Å². The summed E-state index contributed by atoms with van der Waals surface area (Å²) in [5.74, 6) is -0.887. The van der Waals surface area contributed by atoms with Crippen LogP contribution in [0.2, 0.25) is 5.02 Å². The number of carbonyl (C=O) groups excluding carboxylic acids is 2. The van der Waals surface area contributed by atoms with Crippen molar-refractivity contribution in [3.63, 3.8) is 0 Å². The number of nitrogens with zero attached hydrogens (tertiary/aromatic N) is 1. The molecule has 1 saturated heterocycles. The van der Waals surface area contributed by atoms with Gasteiger partial charge in [-0.25, -0.2) is 4.79 Å². The van der Waals surface area contributed by atoms with Crippen LogP contribution in [0.4, 0.5) is 0 Å². The molecule has 1 atom stereocenters. The fourth-order valence-electron chi connectivity index (χ4n) is 3.75. The highest BCUT2D eigenvalue weighted by Crippen LogP contribution is 2.24. The van der Waals surface area contributed by atoms with Crippen molar-refractivity contribution in [1.29, 1.82) is 0 Å². The molecule has 1 aliphatic heterocycles. The van der Waals surface area contributed by atoms with Crippen molar-refractivity contribution >= 4 is 34.3 Å². The van der Waals surface area contributed by atoms with E-state index in [-0.39, 0.29) is 24.3 Å². The third-order valence-electron chi connectivity index (χ3n) is 5.30. The molecule has 0 bridgehead atoms. The monoisotopic (exact) mass is 415 g/mol. The molecular weight excluding hydrogens is 394 g/mol. The van der Waals surface area contributed by atoms with E-state index in [4.69, 9.17) is 25.5 Å². The lowest BCUT2D eigenvalue weighted by Gasteiger charge is -2.14. The summed E-state index contributed by atoms with van der Waals surface area (Å²) in [5, 5.41) is 1.25. The van der Waals surface area contributed by atoms with Crippen molar-refractivity contribution in [2.75, 3.05) is 13.2 Å². The summed E-state index contributed by atoms with van der Waals surface area (Å²) in [7, 11) is 0. The number of halogens is 1. The van der Waals surface area contributed by atoms with E-state index in [1.54, 1.807) is 24.3 Å². The van der Waals surface area contributed by atoms with Crippen LogP contribution in [0, 0.1) is 13.8 Å². The molecule has 0 spiro atoms. The first kappa shape index (κ1) is 19.7. The van der Waals surface area contributed by atoms with Crippen LogP contribution in [0.5, 0.6) is 0 Å². The fraction of sp³-hybridized carbons (Fsp3) is 0.364. The van der Waals surface area contributed by atoms with Gasteiger partial charge in [0.15, 0.2) is 6.61 Å². The number of ketones is 1. The second-order valence-corrected chi connectivity index (χ2v) is 7.76. The van der Waals surface area contributed by atoms with Gasteiger partial charge in [0, 0.05) is 40.5 Å². The predicted octanol–water partition coefficient (Wildman–Crippen LogP) is 4.72. The van der Waals surface area contributed by atoms with Gasteiger partial charge in [0.1, 0.15) is 5.58 Å². The van der Waals surface area contributed by atoms with Gasteiger partial charge in [-0.3, -0.25) is 4.79 Å². The Balaban J connectivity index is 1.43. The van der Waals surface area contributed by atoms with Crippen LogP contribution in [0.3, 0.4) is 0 Å². The van der Waals surface area contributed by atoms with Gasteiger partial charge in [-0.2, -0.15) is 0 Å². The Morgan fingerprint density at radius 1 is 1.24 bits per heavy atom. The zero-order valence-electron chi connectivity index (χ0n) is 16.4. The SMILES string of the molecule is Cc1cc(C(=O)COC(=O)c2cc3cc(Cl)ccc3o2)c(C)n1C[C@@H]1CCCO1. The number of ether oxygens (including phenoxy) is 2. The summed E-state index contributed by atoms with van der Waals surface area (Å²) < 4.78 is 18.5. The zero-order valence-corrected chi connectivity index (χ0v) is 17.1. The second-order valence-electron chi connectivity index (χ2n) is 7.32. The molecule has 152 valence electrons. The number of benzene rings is 1. The number of esters is 1. The summed E-state index contributed by atoms with van der Waals surface area (Å²) in [6.45, 7) is 5.04. The van der Waals surface area contributed by atoms with Gasteiger partial charge >= 0.3 is 5.97 Å². The van der Waals surface area contributed by atoms with E-state index in [1.807, 2.05) is 19.9 Å². The zero-order chi connectivity index (χ0) is 20.5. The van der Waals surface area contributed by atoms with Crippen LogP contribution >= 0.6 is 11.6 Å². The average molecular weight is 416 g/mol. The number of furan rings is 1. The third kappa shape index (κ3) is 4.09. The molecule has 1 aromatic carbocycles. The largest absolute Gasteiger partial charge is 0.451 e. The van der Waals surface area contributed by atoms with E-state index in [9.17, 15) is 9.59 Å². The smallest absolute Gasteiger partial charge is 0.374 e. The van der Waals surface area contributed by atoms with Gasteiger partial charge in [-0.1, -0.05) is 11.6 Å². The summed E-state index contributed by atoms with van der Waals surface area (Å²) >= 11 is 5.95. The molecular formula is C22H22ClNO5. The van der Waals surface area contributed by atoms with Crippen LogP contribution in [-0.2, 0) is 16.0 Å². The maximum Gasteiger partial charge on any atom is 0.374 e. The Kier molecular flexibility index (Phi) is 5.48. The van der Waals surface area contributed by atoms with Crippen LogP contribution in [-0.4, -0.2) is 35.6 Å². The molecule has 4 rings (SSSR count). The summed E-state index contributed by atoms with van der Waals surface area (Å²) in [6, 6.07) is 8.46. The van der Waals surface area contributed by atoms with Crippen LogP contribution in [0.1, 0.15) is 45.1 Å². The first-order valence-electron chi connectivity index (χ1n) is 9.60. The van der Waals surface area contributed by atoms with Gasteiger partial charge in [0.2, 0.25) is 11.5 Å². The molecule has 7 heteroatoms. The fourth-order valence-corrected chi connectivity index (χ4v) is 3.93. The number of rotatable bonds is 6. The lowest BCUT2D eigenvalue weighted by molar-refractivity contribution is 0.0446.